The van der Waals surface area contributed by atoms with Crippen LogP contribution in [0.3, 0.4) is 0 Å². The number of sulfonamides is 1. The number of piperidine rings is 1. The molecule has 1 amide bonds. The number of esters is 1. The van der Waals surface area contributed by atoms with Crippen LogP contribution in [0.25, 0.3) is 0 Å². The van der Waals surface area contributed by atoms with Crippen molar-refractivity contribution in [2.45, 2.75) is 30.6 Å². The number of quaternary nitrogens is 1. The number of hydrogen-bond acceptors (Lipinski definition) is 6. The van der Waals surface area contributed by atoms with Crippen molar-refractivity contribution in [3.63, 3.8) is 0 Å². The van der Waals surface area contributed by atoms with Crippen molar-refractivity contribution in [3.05, 3.63) is 24.3 Å². The summed E-state index contributed by atoms with van der Waals surface area (Å²) in [5.74, 6) is -0.00744. The molecule has 1 fully saturated rings. The number of nitrogens with one attached hydrogen (secondary N) is 3. The van der Waals surface area contributed by atoms with E-state index in [0.29, 0.717) is 50.4 Å². The lowest BCUT2D eigenvalue weighted by Gasteiger charge is -2.27. The Hall–Kier alpha value is -2.46. The minimum absolute atomic E-state index is 0.0798. The number of ether oxygens (including phenoxy) is 1. The number of rotatable bonds is 6. The molecule has 2 aliphatic heterocycles. The van der Waals surface area contributed by atoms with Crippen molar-refractivity contribution in [2.75, 3.05) is 38.6 Å². The van der Waals surface area contributed by atoms with Gasteiger partial charge in [0, 0.05) is 31.5 Å². The van der Waals surface area contributed by atoms with Crippen LogP contribution in [0.1, 0.15) is 25.7 Å². The van der Waals surface area contributed by atoms with Gasteiger partial charge in [-0.25, -0.2) is 8.42 Å². The molecule has 0 unspecified atom stereocenters. The van der Waals surface area contributed by atoms with Gasteiger partial charge in [-0.1, -0.05) is 6.07 Å². The Morgan fingerprint density at radius 2 is 2.03 bits per heavy atom. The number of aliphatic imine (C=N–C) groups is 1. The van der Waals surface area contributed by atoms with Crippen LogP contribution >= 0.6 is 0 Å². The first-order valence-corrected chi connectivity index (χ1v) is 11.2. The van der Waals surface area contributed by atoms with Crippen molar-refractivity contribution in [1.29, 1.82) is 0 Å². The summed E-state index contributed by atoms with van der Waals surface area (Å²) in [6, 6.07) is 6.17. The molecule has 1 aromatic carbocycles. The van der Waals surface area contributed by atoms with Crippen LogP contribution in [0.5, 0.6) is 0 Å². The number of methoxy groups -OCH3 is 1. The molecule has 158 valence electrons. The van der Waals surface area contributed by atoms with Gasteiger partial charge in [0.15, 0.2) is 6.54 Å². The number of benzene rings is 1. The van der Waals surface area contributed by atoms with Crippen molar-refractivity contribution in [3.8, 4) is 0 Å². The predicted octanol–water partition coefficient (Wildman–Crippen LogP) is -0.436. The van der Waals surface area contributed by atoms with E-state index in [9.17, 15) is 18.0 Å². The number of carbonyl (C=O) groups is 2. The van der Waals surface area contributed by atoms with Crippen molar-refractivity contribution >= 4 is 33.4 Å². The molecule has 3 N–H and O–H groups in total. The van der Waals surface area contributed by atoms with E-state index >= 15 is 0 Å². The summed E-state index contributed by atoms with van der Waals surface area (Å²) < 4.78 is 32.3. The maximum absolute atomic E-state index is 12.5. The van der Waals surface area contributed by atoms with Crippen molar-refractivity contribution in [2.24, 2.45) is 10.9 Å². The fourth-order valence-electron chi connectivity index (χ4n) is 3.62. The van der Waals surface area contributed by atoms with Crippen LogP contribution in [-0.2, 0) is 24.3 Å². The Bertz CT molecular complexity index is 892. The van der Waals surface area contributed by atoms with Gasteiger partial charge in [0.1, 0.15) is 5.84 Å². The lowest BCUT2D eigenvalue weighted by atomic mass is 9.97. The lowest BCUT2D eigenvalue weighted by Crippen LogP contribution is -3.14. The molecule has 0 saturated carbocycles. The normalized spacial score (nSPS) is 21.9. The molecule has 0 spiro atoms. The van der Waals surface area contributed by atoms with Crippen molar-refractivity contribution < 1.29 is 27.6 Å². The Balaban J connectivity index is 1.55. The number of nitrogens with zero attached hydrogens (tertiary/aromatic N) is 1. The third kappa shape index (κ3) is 5.77. The van der Waals surface area contributed by atoms with Gasteiger partial charge in [0.05, 0.1) is 31.0 Å². The van der Waals surface area contributed by atoms with Crippen LogP contribution in [0, 0.1) is 5.92 Å². The summed E-state index contributed by atoms with van der Waals surface area (Å²) in [6.45, 7) is 2.33. The fraction of sp³-hybridized carbons (Fsp3) is 0.526. The highest BCUT2D eigenvalue weighted by Crippen LogP contribution is 2.16. The monoisotopic (exact) mass is 423 g/mol. The maximum atomic E-state index is 12.5. The summed E-state index contributed by atoms with van der Waals surface area (Å²) in [4.78, 5) is 29.3. The summed E-state index contributed by atoms with van der Waals surface area (Å²) >= 11 is 0. The van der Waals surface area contributed by atoms with E-state index in [-0.39, 0.29) is 29.2 Å². The second-order valence-electron chi connectivity index (χ2n) is 7.34. The molecule has 0 atom stereocenters. The zero-order chi connectivity index (χ0) is 20.9. The van der Waals surface area contributed by atoms with Gasteiger partial charge in [0.25, 0.3) is 15.9 Å². The minimum atomic E-state index is -3.73. The van der Waals surface area contributed by atoms with Crippen LogP contribution in [0.2, 0.25) is 0 Å². The maximum Gasteiger partial charge on any atom is 0.309 e. The number of anilines is 1. The molecule has 1 aromatic rings. The fourth-order valence-corrected chi connectivity index (χ4v) is 4.75. The van der Waals surface area contributed by atoms with Gasteiger partial charge < -0.3 is 15.0 Å². The molecule has 0 aromatic heterocycles. The quantitative estimate of drug-likeness (QED) is 0.537. The summed E-state index contributed by atoms with van der Waals surface area (Å²) in [6.07, 6.45) is 2.84. The summed E-state index contributed by atoms with van der Waals surface area (Å²) in [5.41, 5.74) is 0.426. The van der Waals surface area contributed by atoms with E-state index in [1.54, 1.807) is 12.1 Å². The van der Waals surface area contributed by atoms with Gasteiger partial charge >= 0.3 is 5.97 Å². The number of amides is 1. The number of amidine groups is 1. The zero-order valence-electron chi connectivity index (χ0n) is 16.4. The van der Waals surface area contributed by atoms with Gasteiger partial charge in [-0.15, -0.1) is 0 Å². The largest absolute Gasteiger partial charge is 0.469 e. The highest BCUT2D eigenvalue weighted by Gasteiger charge is 2.29. The molecule has 0 radical (unpaired) electrons. The van der Waals surface area contributed by atoms with Crippen LogP contribution in [0.15, 0.2) is 34.2 Å². The predicted molar refractivity (Wildman–Crippen MR) is 107 cm³/mol. The van der Waals surface area contributed by atoms with E-state index in [1.807, 2.05) is 0 Å². The van der Waals surface area contributed by atoms with Crippen LogP contribution in [-0.4, -0.2) is 59.4 Å². The Morgan fingerprint density at radius 3 is 2.69 bits per heavy atom. The molecular formula is C19H27N4O5S+. The molecule has 9 nitrogen and oxygen atoms in total. The van der Waals surface area contributed by atoms with Crippen LogP contribution < -0.4 is 14.9 Å². The first kappa shape index (κ1) is 21.3. The number of hydrogen-bond donors (Lipinski definition) is 3. The van der Waals surface area contributed by atoms with E-state index in [2.05, 4.69) is 15.0 Å². The van der Waals surface area contributed by atoms with E-state index in [0.717, 1.165) is 11.3 Å². The second kappa shape index (κ2) is 9.36. The molecule has 2 heterocycles. The SMILES string of the molecule is COC(=O)C1CC[NH+](CC(=O)Nc2cccc(S(=O)(=O)NC3=NCCC3)c2)CC1. The minimum Gasteiger partial charge on any atom is -0.469 e. The molecule has 3 rings (SSSR count). The topological polar surface area (TPSA) is 118 Å². The van der Waals surface area contributed by atoms with Gasteiger partial charge in [-0.05, 0) is 24.6 Å². The van der Waals surface area contributed by atoms with Gasteiger partial charge in [-0.3, -0.25) is 19.3 Å². The summed E-state index contributed by atoms with van der Waals surface area (Å²) in [5, 5.41) is 2.77. The average Bonchev–Trinajstić information content (AvgIpc) is 3.20. The number of carbonyl (C=O) groups excluding carboxylic acids is 2. The summed E-state index contributed by atoms with van der Waals surface area (Å²) in [7, 11) is -2.34. The highest BCUT2D eigenvalue weighted by atomic mass is 32.2. The van der Waals surface area contributed by atoms with Crippen molar-refractivity contribution in [1.82, 2.24) is 4.72 Å². The van der Waals surface area contributed by atoms with E-state index in [1.165, 1.54) is 19.2 Å². The standard InChI is InChI=1S/C19H26N4O5S/c1-28-19(25)14-7-10-23(11-8-14)13-18(24)21-15-4-2-5-16(12-15)29(26,27)22-17-6-3-9-20-17/h2,4-5,12,14H,3,6-11,13H2,1H3,(H,20,22)(H,21,24)/p+1. The highest BCUT2D eigenvalue weighted by molar-refractivity contribution is 7.90. The lowest BCUT2D eigenvalue weighted by molar-refractivity contribution is -0.897. The Morgan fingerprint density at radius 1 is 1.28 bits per heavy atom. The van der Waals surface area contributed by atoms with E-state index in [4.69, 9.17) is 4.74 Å². The van der Waals surface area contributed by atoms with E-state index < -0.39 is 10.0 Å². The molecule has 0 aliphatic carbocycles. The molecule has 0 bridgehead atoms. The first-order chi connectivity index (χ1) is 13.9. The molecule has 2 aliphatic rings. The average molecular weight is 424 g/mol. The van der Waals surface area contributed by atoms with Crippen LogP contribution in [0.4, 0.5) is 5.69 Å². The van der Waals surface area contributed by atoms with Gasteiger partial charge in [0.2, 0.25) is 0 Å². The number of likely N-dealkylation sites (tertiary alicyclic amines) is 1. The Kier molecular flexibility index (Phi) is 6.86. The molecule has 1 saturated heterocycles. The third-order valence-corrected chi connectivity index (χ3v) is 6.57. The zero-order valence-corrected chi connectivity index (χ0v) is 17.3. The molecule has 29 heavy (non-hydrogen) atoms. The Labute approximate surface area is 170 Å². The van der Waals surface area contributed by atoms with Gasteiger partial charge in [-0.2, -0.15) is 0 Å². The third-order valence-electron chi connectivity index (χ3n) is 5.19. The smallest absolute Gasteiger partial charge is 0.309 e. The molecule has 10 heteroatoms. The molecular weight excluding hydrogens is 396 g/mol. The second-order valence-corrected chi connectivity index (χ2v) is 9.02. The first-order valence-electron chi connectivity index (χ1n) is 9.75.